The lowest BCUT2D eigenvalue weighted by Crippen LogP contribution is -2.26. The summed E-state index contributed by atoms with van der Waals surface area (Å²) in [6, 6.07) is 13.2. The summed E-state index contributed by atoms with van der Waals surface area (Å²) in [6.07, 6.45) is 4.72. The summed E-state index contributed by atoms with van der Waals surface area (Å²) in [6.45, 7) is 8.98. The standard InChI is InChI=1S/C27H28N2O3S/c1-5-31-26(30)18-8-6-7-17(13-18)23-12-10-20(32-23)16-29-25-22(15-28)21-11-9-19(27(2,3)4)14-24(21)33-25/h6-8,10,12-13,16,19H,5,9,11,14H2,1-4H3/t19-/m0/s1. The Balaban J connectivity index is 1.55. The van der Waals surface area contributed by atoms with E-state index in [1.165, 1.54) is 10.4 Å². The summed E-state index contributed by atoms with van der Waals surface area (Å²) in [5.41, 5.74) is 3.40. The predicted molar refractivity (Wildman–Crippen MR) is 131 cm³/mol. The van der Waals surface area contributed by atoms with Gasteiger partial charge >= 0.3 is 5.97 Å². The van der Waals surface area contributed by atoms with Gasteiger partial charge in [0.2, 0.25) is 0 Å². The quantitative estimate of drug-likeness (QED) is 0.305. The molecule has 4 rings (SSSR count). The molecule has 0 saturated carbocycles. The van der Waals surface area contributed by atoms with Crippen LogP contribution in [0.1, 0.15) is 66.2 Å². The lowest BCUT2D eigenvalue weighted by atomic mass is 9.72. The third-order valence-corrected chi connectivity index (χ3v) is 7.34. The second-order valence-electron chi connectivity index (χ2n) is 9.36. The third kappa shape index (κ3) is 4.94. The van der Waals surface area contributed by atoms with E-state index in [2.05, 4.69) is 31.8 Å². The first kappa shape index (κ1) is 23.0. The summed E-state index contributed by atoms with van der Waals surface area (Å²) in [5, 5.41) is 10.5. The van der Waals surface area contributed by atoms with Crippen molar-refractivity contribution in [2.75, 3.05) is 6.61 Å². The molecule has 0 unspecified atom stereocenters. The van der Waals surface area contributed by atoms with Crippen LogP contribution in [0, 0.1) is 22.7 Å². The summed E-state index contributed by atoms with van der Waals surface area (Å²) >= 11 is 1.63. The molecule has 0 saturated heterocycles. The first-order chi connectivity index (χ1) is 15.8. The summed E-state index contributed by atoms with van der Waals surface area (Å²) in [7, 11) is 0. The van der Waals surface area contributed by atoms with Crippen LogP contribution in [0.2, 0.25) is 0 Å². The maximum absolute atomic E-state index is 12.0. The number of hydrogen-bond acceptors (Lipinski definition) is 6. The Morgan fingerprint density at radius 1 is 1.33 bits per heavy atom. The molecule has 1 aromatic carbocycles. The van der Waals surface area contributed by atoms with Crippen LogP contribution in [0.25, 0.3) is 11.3 Å². The van der Waals surface area contributed by atoms with Crippen molar-refractivity contribution in [3.63, 3.8) is 0 Å². The number of carbonyl (C=O) groups is 1. The molecule has 0 bridgehead atoms. The maximum atomic E-state index is 12.0. The van der Waals surface area contributed by atoms with Gasteiger partial charge in [-0.05, 0) is 67.3 Å². The van der Waals surface area contributed by atoms with Gasteiger partial charge < -0.3 is 9.15 Å². The van der Waals surface area contributed by atoms with Crippen molar-refractivity contribution in [2.24, 2.45) is 16.3 Å². The molecule has 1 aliphatic rings. The second kappa shape index (κ2) is 9.36. The molecular weight excluding hydrogens is 432 g/mol. The van der Waals surface area contributed by atoms with Crippen LogP contribution in [-0.4, -0.2) is 18.8 Å². The van der Waals surface area contributed by atoms with Gasteiger partial charge in [-0.2, -0.15) is 5.26 Å². The van der Waals surface area contributed by atoms with Crippen molar-refractivity contribution in [1.29, 1.82) is 5.26 Å². The molecule has 3 aromatic rings. The normalized spacial score (nSPS) is 15.9. The van der Waals surface area contributed by atoms with E-state index in [0.717, 1.165) is 29.8 Å². The fraction of sp³-hybridized carbons (Fsp3) is 0.370. The fourth-order valence-electron chi connectivity index (χ4n) is 4.23. The molecule has 170 valence electrons. The number of aliphatic imine (C=N–C) groups is 1. The number of thiophene rings is 1. The molecule has 1 aliphatic carbocycles. The topological polar surface area (TPSA) is 75.6 Å². The Morgan fingerprint density at radius 3 is 2.88 bits per heavy atom. The van der Waals surface area contributed by atoms with Crippen molar-refractivity contribution in [2.45, 2.75) is 47.0 Å². The molecule has 2 aromatic heterocycles. The number of carbonyl (C=O) groups excluding carboxylic acids is 1. The van der Waals surface area contributed by atoms with Crippen molar-refractivity contribution >= 4 is 28.5 Å². The fourth-order valence-corrected chi connectivity index (χ4v) is 5.45. The molecule has 0 fully saturated rings. The van der Waals surface area contributed by atoms with Crippen LogP contribution >= 0.6 is 11.3 Å². The zero-order valence-corrected chi connectivity index (χ0v) is 20.3. The minimum Gasteiger partial charge on any atom is -0.462 e. The molecule has 0 aliphatic heterocycles. The number of nitriles is 1. The predicted octanol–water partition coefficient (Wildman–Crippen LogP) is 6.96. The lowest BCUT2D eigenvalue weighted by molar-refractivity contribution is 0.0526. The van der Waals surface area contributed by atoms with Gasteiger partial charge in [-0.1, -0.05) is 32.9 Å². The van der Waals surface area contributed by atoms with Crippen molar-refractivity contribution in [1.82, 2.24) is 0 Å². The Bertz CT molecular complexity index is 1240. The average molecular weight is 461 g/mol. The van der Waals surface area contributed by atoms with Gasteiger partial charge in [0.25, 0.3) is 0 Å². The number of nitrogens with zero attached hydrogens (tertiary/aromatic N) is 2. The van der Waals surface area contributed by atoms with Gasteiger partial charge in [-0.15, -0.1) is 11.3 Å². The van der Waals surface area contributed by atoms with Crippen LogP contribution in [0.15, 0.2) is 45.8 Å². The zero-order valence-electron chi connectivity index (χ0n) is 19.5. The van der Waals surface area contributed by atoms with Gasteiger partial charge in [-0.25, -0.2) is 9.79 Å². The van der Waals surface area contributed by atoms with Crippen LogP contribution in [-0.2, 0) is 17.6 Å². The molecular formula is C27H28N2O3S. The first-order valence-electron chi connectivity index (χ1n) is 11.3. The van der Waals surface area contributed by atoms with Crippen molar-refractivity contribution in [3.05, 3.63) is 63.7 Å². The molecule has 6 heteroatoms. The SMILES string of the molecule is CCOC(=O)c1cccc(-c2ccc(C=Nc3sc4c(c3C#N)CC[C@H](C(C)(C)C)C4)o2)c1. The Kier molecular flexibility index (Phi) is 6.53. The third-order valence-electron chi connectivity index (χ3n) is 6.18. The highest BCUT2D eigenvalue weighted by Crippen LogP contribution is 2.44. The summed E-state index contributed by atoms with van der Waals surface area (Å²) in [4.78, 5) is 17.9. The number of furan rings is 1. The van der Waals surface area contributed by atoms with Crippen LogP contribution in [0.4, 0.5) is 5.00 Å². The van der Waals surface area contributed by atoms with Crippen LogP contribution in [0.5, 0.6) is 0 Å². The number of esters is 1. The monoisotopic (exact) mass is 460 g/mol. The highest BCUT2D eigenvalue weighted by molar-refractivity contribution is 7.16. The van der Waals surface area contributed by atoms with E-state index in [9.17, 15) is 10.1 Å². The minimum atomic E-state index is -0.355. The lowest BCUT2D eigenvalue weighted by Gasteiger charge is -2.33. The molecule has 0 radical (unpaired) electrons. The number of benzene rings is 1. The minimum absolute atomic E-state index is 0.257. The van der Waals surface area contributed by atoms with E-state index >= 15 is 0 Å². The molecule has 33 heavy (non-hydrogen) atoms. The van der Waals surface area contributed by atoms with Gasteiger partial charge in [0.15, 0.2) is 0 Å². The summed E-state index contributed by atoms with van der Waals surface area (Å²) < 4.78 is 11.0. The van der Waals surface area contributed by atoms with Gasteiger partial charge in [0.1, 0.15) is 22.6 Å². The van der Waals surface area contributed by atoms with Crippen LogP contribution < -0.4 is 0 Å². The largest absolute Gasteiger partial charge is 0.462 e. The van der Waals surface area contributed by atoms with Crippen LogP contribution in [0.3, 0.4) is 0 Å². The zero-order chi connectivity index (χ0) is 23.6. The van der Waals surface area contributed by atoms with E-state index in [4.69, 9.17) is 9.15 Å². The van der Waals surface area contributed by atoms with Gasteiger partial charge in [-0.3, -0.25) is 0 Å². The first-order valence-corrected chi connectivity index (χ1v) is 12.1. The molecule has 0 amide bonds. The van der Waals surface area contributed by atoms with E-state index in [0.29, 0.717) is 35.2 Å². The molecule has 2 heterocycles. The van der Waals surface area contributed by atoms with Crippen molar-refractivity contribution in [3.8, 4) is 17.4 Å². The molecule has 5 nitrogen and oxygen atoms in total. The summed E-state index contributed by atoms with van der Waals surface area (Å²) in [5.74, 6) is 1.49. The van der Waals surface area contributed by atoms with E-state index in [1.54, 1.807) is 42.7 Å². The Morgan fingerprint density at radius 2 is 2.15 bits per heavy atom. The number of rotatable bonds is 5. The van der Waals surface area contributed by atoms with Gasteiger partial charge in [0.05, 0.1) is 23.9 Å². The Hall–Kier alpha value is -3.17. The van der Waals surface area contributed by atoms with E-state index < -0.39 is 0 Å². The van der Waals surface area contributed by atoms with E-state index in [-0.39, 0.29) is 11.4 Å². The maximum Gasteiger partial charge on any atom is 0.338 e. The molecule has 0 N–H and O–H groups in total. The highest BCUT2D eigenvalue weighted by Gasteiger charge is 2.32. The molecule has 0 spiro atoms. The van der Waals surface area contributed by atoms with Gasteiger partial charge in [0, 0.05) is 10.4 Å². The smallest absolute Gasteiger partial charge is 0.338 e. The second-order valence-corrected chi connectivity index (χ2v) is 10.4. The Labute approximate surface area is 198 Å². The molecule has 1 atom stereocenters. The van der Waals surface area contributed by atoms with E-state index in [1.807, 2.05) is 18.2 Å². The number of hydrogen-bond donors (Lipinski definition) is 0. The number of ether oxygens (including phenoxy) is 1. The van der Waals surface area contributed by atoms with Crippen molar-refractivity contribution < 1.29 is 13.9 Å². The number of fused-ring (bicyclic) bond motifs is 1. The average Bonchev–Trinajstić information content (AvgIpc) is 3.41. The highest BCUT2D eigenvalue weighted by atomic mass is 32.1.